The summed E-state index contributed by atoms with van der Waals surface area (Å²) >= 11 is 1.51. The van der Waals surface area contributed by atoms with Crippen molar-refractivity contribution in [3.05, 3.63) is 22.4 Å². The first-order chi connectivity index (χ1) is 9.83. The molecule has 3 atom stereocenters. The van der Waals surface area contributed by atoms with Gasteiger partial charge < -0.3 is 20.9 Å². The summed E-state index contributed by atoms with van der Waals surface area (Å²) in [5.74, 6) is -0.224. The Hall–Kier alpha value is -0.660. The molecule has 1 amide bonds. The molecule has 1 aliphatic rings. The van der Waals surface area contributed by atoms with E-state index in [0.717, 1.165) is 5.56 Å². The first kappa shape index (κ1) is 19.4. The van der Waals surface area contributed by atoms with Crippen molar-refractivity contribution in [2.45, 2.75) is 44.9 Å². The number of amides is 1. The molecular weight excluding hydrogens is 324 g/mol. The van der Waals surface area contributed by atoms with Crippen LogP contribution in [0, 0.1) is 5.41 Å². The lowest BCUT2D eigenvalue weighted by Gasteiger charge is -2.57. The third-order valence-corrected chi connectivity index (χ3v) is 5.32. The SMILES string of the molecule is CCOC1CC(N)(C(=O)NCC(O)c2ccsc2)C1(C)C.Cl. The highest BCUT2D eigenvalue weighted by Crippen LogP contribution is 2.49. The second kappa shape index (κ2) is 7.27. The Balaban J connectivity index is 0.00000242. The van der Waals surface area contributed by atoms with Crippen LogP contribution in [0.2, 0.25) is 0 Å². The molecule has 22 heavy (non-hydrogen) atoms. The van der Waals surface area contributed by atoms with Crippen molar-refractivity contribution in [2.24, 2.45) is 11.1 Å². The van der Waals surface area contributed by atoms with Crippen LogP contribution in [-0.2, 0) is 9.53 Å². The van der Waals surface area contributed by atoms with Gasteiger partial charge >= 0.3 is 0 Å². The molecule has 1 aromatic heterocycles. The maximum absolute atomic E-state index is 12.4. The molecule has 126 valence electrons. The van der Waals surface area contributed by atoms with Crippen LogP contribution in [0.3, 0.4) is 0 Å². The number of hydrogen-bond donors (Lipinski definition) is 3. The monoisotopic (exact) mass is 348 g/mol. The van der Waals surface area contributed by atoms with Crippen molar-refractivity contribution >= 4 is 29.7 Å². The lowest BCUT2D eigenvalue weighted by atomic mass is 9.54. The summed E-state index contributed by atoms with van der Waals surface area (Å²) < 4.78 is 5.62. The second-order valence-electron chi connectivity index (χ2n) is 6.12. The molecule has 0 saturated heterocycles. The summed E-state index contributed by atoms with van der Waals surface area (Å²) in [6.07, 6.45) is -0.191. The van der Waals surface area contributed by atoms with Crippen molar-refractivity contribution < 1.29 is 14.6 Å². The highest BCUT2D eigenvalue weighted by Gasteiger charge is 2.62. The van der Waals surface area contributed by atoms with Gasteiger partial charge in [-0.15, -0.1) is 12.4 Å². The van der Waals surface area contributed by atoms with E-state index in [-0.39, 0.29) is 31.0 Å². The molecule has 1 aromatic rings. The van der Waals surface area contributed by atoms with Crippen molar-refractivity contribution in [1.29, 1.82) is 0 Å². The van der Waals surface area contributed by atoms with E-state index >= 15 is 0 Å². The van der Waals surface area contributed by atoms with E-state index < -0.39 is 17.1 Å². The van der Waals surface area contributed by atoms with Gasteiger partial charge in [0.15, 0.2) is 0 Å². The van der Waals surface area contributed by atoms with Gasteiger partial charge in [-0.25, -0.2) is 0 Å². The van der Waals surface area contributed by atoms with Crippen LogP contribution in [0.25, 0.3) is 0 Å². The van der Waals surface area contributed by atoms with Crippen molar-refractivity contribution in [2.75, 3.05) is 13.2 Å². The zero-order valence-corrected chi connectivity index (χ0v) is 14.8. The Morgan fingerprint density at radius 1 is 1.64 bits per heavy atom. The predicted molar refractivity (Wildman–Crippen MR) is 90.3 cm³/mol. The van der Waals surface area contributed by atoms with Crippen molar-refractivity contribution in [1.82, 2.24) is 5.32 Å². The Morgan fingerprint density at radius 3 is 2.82 bits per heavy atom. The first-order valence-corrected chi connectivity index (χ1v) is 8.16. The Labute approximate surface area is 141 Å². The van der Waals surface area contributed by atoms with E-state index in [4.69, 9.17) is 10.5 Å². The Kier molecular flexibility index (Phi) is 6.41. The molecule has 1 heterocycles. The van der Waals surface area contributed by atoms with Crippen molar-refractivity contribution in [3.8, 4) is 0 Å². The van der Waals surface area contributed by atoms with Crippen LogP contribution in [0.4, 0.5) is 0 Å². The van der Waals surface area contributed by atoms with Gasteiger partial charge in [0, 0.05) is 25.0 Å². The molecule has 7 heteroatoms. The number of nitrogens with one attached hydrogen (secondary N) is 1. The van der Waals surface area contributed by atoms with Crippen LogP contribution in [0.15, 0.2) is 16.8 Å². The van der Waals surface area contributed by atoms with Crippen LogP contribution in [0.5, 0.6) is 0 Å². The van der Waals surface area contributed by atoms with Crippen molar-refractivity contribution in [3.63, 3.8) is 0 Å². The number of aliphatic hydroxyl groups excluding tert-OH is 1. The molecule has 0 radical (unpaired) electrons. The standard InChI is InChI=1S/C15H24N2O3S.ClH/c1-4-20-12-7-15(16,14(12,2)3)13(19)17-8-11(18)10-5-6-21-9-10;/h5-6,9,11-12,18H,4,7-8,16H2,1-3H3,(H,17,19);1H. The van der Waals surface area contributed by atoms with Crippen LogP contribution >= 0.6 is 23.7 Å². The summed E-state index contributed by atoms with van der Waals surface area (Å²) in [5, 5.41) is 16.5. The molecule has 3 unspecified atom stereocenters. The number of nitrogens with two attached hydrogens (primary N) is 1. The maximum Gasteiger partial charge on any atom is 0.240 e. The molecule has 1 fully saturated rings. The van der Waals surface area contributed by atoms with Crippen LogP contribution in [-0.4, -0.2) is 35.8 Å². The quantitative estimate of drug-likeness (QED) is 0.732. The molecule has 2 rings (SSSR count). The number of aliphatic hydroxyl groups is 1. The molecule has 5 nitrogen and oxygen atoms in total. The first-order valence-electron chi connectivity index (χ1n) is 7.22. The normalized spacial score (nSPS) is 27.4. The average Bonchev–Trinajstić information content (AvgIpc) is 2.98. The molecule has 0 spiro atoms. The number of hydrogen-bond acceptors (Lipinski definition) is 5. The molecule has 0 aromatic carbocycles. The van der Waals surface area contributed by atoms with Gasteiger partial charge in [-0.05, 0) is 29.3 Å². The number of carbonyl (C=O) groups is 1. The Morgan fingerprint density at radius 2 is 2.32 bits per heavy atom. The minimum absolute atomic E-state index is 0. The van der Waals surface area contributed by atoms with E-state index in [1.165, 1.54) is 11.3 Å². The predicted octanol–water partition coefficient (Wildman–Crippen LogP) is 1.85. The number of thiophene rings is 1. The lowest BCUT2D eigenvalue weighted by Crippen LogP contribution is -2.75. The van der Waals surface area contributed by atoms with E-state index in [2.05, 4.69) is 5.32 Å². The topological polar surface area (TPSA) is 84.6 Å². The minimum Gasteiger partial charge on any atom is -0.387 e. The van der Waals surface area contributed by atoms with E-state index in [1.54, 1.807) is 0 Å². The van der Waals surface area contributed by atoms with Gasteiger partial charge in [0.25, 0.3) is 0 Å². The van der Waals surface area contributed by atoms with E-state index in [0.29, 0.717) is 13.0 Å². The van der Waals surface area contributed by atoms with Gasteiger partial charge in [-0.1, -0.05) is 13.8 Å². The number of halogens is 1. The fourth-order valence-corrected chi connectivity index (χ4v) is 3.46. The van der Waals surface area contributed by atoms with E-state index in [1.807, 2.05) is 37.6 Å². The van der Waals surface area contributed by atoms with Crippen LogP contribution in [0.1, 0.15) is 38.9 Å². The van der Waals surface area contributed by atoms with E-state index in [9.17, 15) is 9.90 Å². The maximum atomic E-state index is 12.4. The fraction of sp³-hybridized carbons (Fsp3) is 0.667. The smallest absolute Gasteiger partial charge is 0.240 e. The van der Waals surface area contributed by atoms with Gasteiger partial charge in [0.2, 0.25) is 5.91 Å². The average molecular weight is 349 g/mol. The summed E-state index contributed by atoms with van der Waals surface area (Å²) in [4.78, 5) is 12.4. The molecule has 0 aliphatic heterocycles. The molecule has 1 saturated carbocycles. The summed E-state index contributed by atoms with van der Waals surface area (Å²) in [6.45, 7) is 6.62. The summed E-state index contributed by atoms with van der Waals surface area (Å²) in [6, 6.07) is 1.85. The molecular formula is C15H25ClN2O3S. The highest BCUT2D eigenvalue weighted by atomic mass is 35.5. The summed E-state index contributed by atoms with van der Waals surface area (Å²) in [5.41, 5.74) is 5.73. The number of rotatable bonds is 6. The number of carbonyl (C=O) groups excluding carboxylic acids is 1. The number of ether oxygens (including phenoxy) is 1. The second-order valence-corrected chi connectivity index (χ2v) is 6.90. The molecule has 0 bridgehead atoms. The Bertz CT molecular complexity index is 495. The third-order valence-electron chi connectivity index (χ3n) is 4.62. The van der Waals surface area contributed by atoms with Gasteiger partial charge in [-0.3, -0.25) is 4.79 Å². The van der Waals surface area contributed by atoms with Gasteiger partial charge in [0.05, 0.1) is 12.2 Å². The van der Waals surface area contributed by atoms with Crippen LogP contribution < -0.4 is 11.1 Å². The largest absolute Gasteiger partial charge is 0.387 e. The highest BCUT2D eigenvalue weighted by molar-refractivity contribution is 7.07. The zero-order chi connectivity index (χ0) is 15.7. The lowest BCUT2D eigenvalue weighted by molar-refractivity contribution is -0.170. The third kappa shape index (κ3) is 3.31. The minimum atomic E-state index is -0.943. The summed E-state index contributed by atoms with van der Waals surface area (Å²) in [7, 11) is 0. The van der Waals surface area contributed by atoms with Gasteiger partial charge in [0.1, 0.15) is 5.54 Å². The zero-order valence-electron chi connectivity index (χ0n) is 13.2. The molecule has 4 N–H and O–H groups in total. The fourth-order valence-electron chi connectivity index (χ4n) is 2.75. The molecule has 1 aliphatic carbocycles. The van der Waals surface area contributed by atoms with Gasteiger partial charge in [-0.2, -0.15) is 11.3 Å².